The highest BCUT2D eigenvalue weighted by Crippen LogP contribution is 2.30. The Labute approximate surface area is 187 Å². The van der Waals surface area contributed by atoms with Crippen molar-refractivity contribution in [1.29, 1.82) is 0 Å². The molecule has 0 bridgehead atoms. The van der Waals surface area contributed by atoms with Crippen molar-refractivity contribution >= 4 is 23.5 Å². The van der Waals surface area contributed by atoms with Crippen molar-refractivity contribution in [2.75, 3.05) is 13.2 Å². The Bertz CT molecular complexity index is 914. The van der Waals surface area contributed by atoms with Crippen molar-refractivity contribution in [3.05, 3.63) is 64.7 Å². The van der Waals surface area contributed by atoms with Crippen molar-refractivity contribution in [2.45, 2.75) is 51.1 Å². The summed E-state index contributed by atoms with van der Waals surface area (Å²) in [6, 6.07) is 12.7. The van der Waals surface area contributed by atoms with Crippen LogP contribution in [0, 0.1) is 0 Å². The van der Waals surface area contributed by atoms with Crippen molar-refractivity contribution < 1.29 is 23.7 Å². The molecule has 0 N–H and O–H groups in total. The van der Waals surface area contributed by atoms with E-state index in [0.29, 0.717) is 35.3 Å². The lowest BCUT2D eigenvalue weighted by atomic mass is 10.1. The SMILES string of the molecule is O=C(/C=C/c1cccc(Cl)c1)c1cc(OC2CCCCO2)ccc1OC1CCCCO1. The zero-order chi connectivity index (χ0) is 21.5. The van der Waals surface area contributed by atoms with Gasteiger partial charge in [-0.3, -0.25) is 4.79 Å². The predicted octanol–water partition coefficient (Wildman–Crippen LogP) is 6.05. The third kappa shape index (κ3) is 6.33. The fourth-order valence-electron chi connectivity index (χ4n) is 3.65. The Balaban J connectivity index is 1.55. The highest BCUT2D eigenvalue weighted by atomic mass is 35.5. The Morgan fingerprint density at radius 3 is 2.35 bits per heavy atom. The molecule has 0 radical (unpaired) electrons. The first-order chi connectivity index (χ1) is 15.2. The minimum atomic E-state index is -0.342. The van der Waals surface area contributed by atoms with Gasteiger partial charge in [0.2, 0.25) is 0 Å². The molecular formula is C25H27ClO5. The van der Waals surface area contributed by atoms with Crippen LogP contribution >= 0.6 is 11.6 Å². The van der Waals surface area contributed by atoms with Crippen molar-refractivity contribution in [1.82, 2.24) is 0 Å². The molecule has 0 aliphatic carbocycles. The molecule has 31 heavy (non-hydrogen) atoms. The second-order valence-corrected chi connectivity index (χ2v) is 8.17. The maximum absolute atomic E-state index is 13.1. The lowest BCUT2D eigenvalue weighted by Crippen LogP contribution is -2.26. The quantitative estimate of drug-likeness (QED) is 0.386. The first-order valence-corrected chi connectivity index (χ1v) is 11.2. The molecule has 2 aliphatic rings. The van der Waals surface area contributed by atoms with E-state index in [9.17, 15) is 4.79 Å². The van der Waals surface area contributed by atoms with Crippen molar-refractivity contribution in [3.63, 3.8) is 0 Å². The Morgan fingerprint density at radius 1 is 0.935 bits per heavy atom. The normalized spacial score (nSPS) is 21.7. The summed E-state index contributed by atoms with van der Waals surface area (Å²) >= 11 is 6.04. The standard InChI is InChI=1S/C25H27ClO5/c26-19-7-5-6-18(16-19)10-12-22(27)21-17-20(30-24-8-1-3-14-28-24)11-13-23(21)31-25-9-2-4-15-29-25/h5-7,10-13,16-17,24-25H,1-4,8-9,14-15H2/b12-10+. The molecule has 2 unspecified atom stereocenters. The number of hydrogen-bond acceptors (Lipinski definition) is 5. The van der Waals surface area contributed by atoms with Gasteiger partial charge in [0.25, 0.3) is 0 Å². The van der Waals surface area contributed by atoms with Gasteiger partial charge in [0.15, 0.2) is 18.4 Å². The number of benzene rings is 2. The van der Waals surface area contributed by atoms with E-state index >= 15 is 0 Å². The van der Waals surface area contributed by atoms with Crippen LogP contribution in [0.5, 0.6) is 11.5 Å². The topological polar surface area (TPSA) is 54.0 Å². The zero-order valence-corrected chi connectivity index (χ0v) is 18.2. The number of carbonyl (C=O) groups is 1. The monoisotopic (exact) mass is 442 g/mol. The molecule has 6 heteroatoms. The molecule has 2 atom stereocenters. The van der Waals surface area contributed by atoms with Gasteiger partial charge in [-0.05, 0) is 67.7 Å². The number of carbonyl (C=O) groups excluding carboxylic acids is 1. The smallest absolute Gasteiger partial charge is 0.199 e. The molecule has 2 aromatic carbocycles. The summed E-state index contributed by atoms with van der Waals surface area (Å²) in [6.07, 6.45) is 8.48. The average molecular weight is 443 g/mol. The molecule has 164 valence electrons. The van der Waals surface area contributed by atoms with Crippen LogP contribution in [0.3, 0.4) is 0 Å². The number of rotatable bonds is 7. The summed E-state index contributed by atoms with van der Waals surface area (Å²) in [4.78, 5) is 13.1. The van der Waals surface area contributed by atoms with Gasteiger partial charge in [-0.25, -0.2) is 0 Å². The van der Waals surface area contributed by atoms with Gasteiger partial charge in [0.05, 0.1) is 18.8 Å². The van der Waals surface area contributed by atoms with Crippen LogP contribution in [0.4, 0.5) is 0 Å². The summed E-state index contributed by atoms with van der Waals surface area (Å²) in [5.74, 6) is 0.897. The summed E-state index contributed by atoms with van der Waals surface area (Å²) in [5, 5.41) is 0.621. The molecule has 0 spiro atoms. The lowest BCUT2D eigenvalue weighted by molar-refractivity contribution is -0.107. The van der Waals surface area contributed by atoms with E-state index in [1.807, 2.05) is 18.2 Å². The fraction of sp³-hybridized carbons (Fsp3) is 0.400. The van der Waals surface area contributed by atoms with Crippen LogP contribution in [0.1, 0.15) is 54.4 Å². The van der Waals surface area contributed by atoms with E-state index < -0.39 is 0 Å². The molecule has 5 nitrogen and oxygen atoms in total. The Morgan fingerprint density at radius 2 is 1.68 bits per heavy atom. The fourth-order valence-corrected chi connectivity index (χ4v) is 3.85. The molecule has 0 amide bonds. The molecule has 2 heterocycles. The van der Waals surface area contributed by atoms with Gasteiger partial charge in [-0.2, -0.15) is 0 Å². The molecule has 4 rings (SSSR count). The van der Waals surface area contributed by atoms with Crippen LogP contribution in [0.25, 0.3) is 6.08 Å². The van der Waals surface area contributed by atoms with Gasteiger partial charge in [0, 0.05) is 17.9 Å². The number of ether oxygens (including phenoxy) is 4. The van der Waals surface area contributed by atoms with Crippen molar-refractivity contribution in [3.8, 4) is 11.5 Å². The molecule has 0 aromatic heterocycles. The predicted molar refractivity (Wildman–Crippen MR) is 120 cm³/mol. The maximum atomic E-state index is 13.1. The summed E-state index contributed by atoms with van der Waals surface area (Å²) in [7, 11) is 0. The Hall–Kier alpha value is -2.34. The molecule has 2 saturated heterocycles. The van der Waals surface area contributed by atoms with Crippen molar-refractivity contribution in [2.24, 2.45) is 0 Å². The first-order valence-electron chi connectivity index (χ1n) is 10.9. The second kappa shape index (κ2) is 10.8. The van der Waals surface area contributed by atoms with Gasteiger partial charge in [-0.15, -0.1) is 0 Å². The van der Waals surface area contributed by atoms with Crippen LogP contribution < -0.4 is 9.47 Å². The minimum absolute atomic E-state index is 0.180. The second-order valence-electron chi connectivity index (χ2n) is 7.74. The van der Waals surface area contributed by atoms with Gasteiger partial charge >= 0.3 is 0 Å². The number of hydrogen-bond donors (Lipinski definition) is 0. The van der Waals surface area contributed by atoms with Crippen LogP contribution in [-0.4, -0.2) is 31.6 Å². The van der Waals surface area contributed by atoms with E-state index in [-0.39, 0.29) is 18.4 Å². The largest absolute Gasteiger partial charge is 0.465 e. The van der Waals surface area contributed by atoms with Gasteiger partial charge in [-0.1, -0.05) is 29.8 Å². The maximum Gasteiger partial charge on any atom is 0.199 e. The first kappa shape index (κ1) is 21.9. The lowest BCUT2D eigenvalue weighted by Gasteiger charge is -2.25. The highest BCUT2D eigenvalue weighted by Gasteiger charge is 2.21. The number of halogens is 1. The zero-order valence-electron chi connectivity index (χ0n) is 17.4. The van der Waals surface area contributed by atoms with Crippen LogP contribution in [-0.2, 0) is 9.47 Å². The van der Waals surface area contributed by atoms with Crippen LogP contribution in [0.2, 0.25) is 5.02 Å². The average Bonchev–Trinajstić information content (AvgIpc) is 2.80. The molecule has 2 aromatic rings. The third-order valence-corrected chi connectivity index (χ3v) is 5.53. The number of allylic oxidation sites excluding steroid dienone is 1. The summed E-state index contributed by atoms with van der Waals surface area (Å²) in [6.45, 7) is 1.36. The third-order valence-electron chi connectivity index (χ3n) is 5.29. The summed E-state index contributed by atoms with van der Waals surface area (Å²) < 4.78 is 23.4. The van der Waals surface area contributed by atoms with Crippen LogP contribution in [0.15, 0.2) is 48.5 Å². The molecule has 0 saturated carbocycles. The van der Waals surface area contributed by atoms with E-state index in [4.69, 9.17) is 30.5 Å². The van der Waals surface area contributed by atoms with E-state index in [1.54, 1.807) is 30.3 Å². The van der Waals surface area contributed by atoms with Gasteiger partial charge in [0.1, 0.15) is 11.5 Å². The minimum Gasteiger partial charge on any atom is -0.465 e. The van der Waals surface area contributed by atoms with E-state index in [0.717, 1.165) is 44.1 Å². The molecule has 2 fully saturated rings. The number of ketones is 1. The molecular weight excluding hydrogens is 416 g/mol. The Kier molecular flexibility index (Phi) is 7.62. The molecule has 2 aliphatic heterocycles. The van der Waals surface area contributed by atoms with E-state index in [1.165, 1.54) is 6.08 Å². The highest BCUT2D eigenvalue weighted by molar-refractivity contribution is 6.30. The van der Waals surface area contributed by atoms with Gasteiger partial charge < -0.3 is 18.9 Å². The summed E-state index contributed by atoms with van der Waals surface area (Å²) in [5.41, 5.74) is 1.28. The van der Waals surface area contributed by atoms with E-state index in [2.05, 4.69) is 0 Å².